The Balaban J connectivity index is 1.23. The van der Waals surface area contributed by atoms with Crippen LogP contribution in [-0.4, -0.2) is 46.1 Å². The van der Waals surface area contributed by atoms with E-state index >= 15 is 0 Å². The number of hydrogen-bond acceptors (Lipinski definition) is 5. The average molecular weight is 428 g/mol. The molecule has 2 aromatic heterocycles. The third-order valence-corrected chi connectivity index (χ3v) is 6.11. The summed E-state index contributed by atoms with van der Waals surface area (Å²) in [6, 6.07) is 16.5. The van der Waals surface area contributed by atoms with Gasteiger partial charge in [-0.25, -0.2) is 9.97 Å². The first-order valence-corrected chi connectivity index (χ1v) is 11.3. The Morgan fingerprint density at radius 1 is 1.06 bits per heavy atom. The molecule has 1 aliphatic heterocycles. The Morgan fingerprint density at radius 3 is 2.75 bits per heavy atom. The van der Waals surface area contributed by atoms with E-state index in [1.807, 2.05) is 36.7 Å². The van der Waals surface area contributed by atoms with E-state index in [1.54, 1.807) is 0 Å². The zero-order valence-corrected chi connectivity index (χ0v) is 18.5. The van der Waals surface area contributed by atoms with Gasteiger partial charge in [-0.15, -0.1) is 0 Å². The fraction of sp³-hybridized carbons (Fsp3) is 0.308. The van der Waals surface area contributed by atoms with Gasteiger partial charge in [-0.05, 0) is 80.4 Å². The second-order valence-corrected chi connectivity index (χ2v) is 8.40. The predicted octanol–water partition coefficient (Wildman–Crippen LogP) is 5.08. The molecule has 3 heterocycles. The summed E-state index contributed by atoms with van der Waals surface area (Å²) in [7, 11) is 0. The average Bonchev–Trinajstić information content (AvgIpc) is 3.50. The van der Waals surface area contributed by atoms with Crippen LogP contribution in [0.25, 0.3) is 10.9 Å². The van der Waals surface area contributed by atoms with Gasteiger partial charge in [0.1, 0.15) is 12.4 Å². The zero-order valence-electron chi connectivity index (χ0n) is 18.5. The smallest absolute Gasteiger partial charge is 0.227 e. The van der Waals surface area contributed by atoms with Gasteiger partial charge in [0.2, 0.25) is 5.95 Å². The van der Waals surface area contributed by atoms with E-state index in [-0.39, 0.29) is 0 Å². The number of nitrogens with zero attached hydrogens (tertiary/aromatic N) is 3. The van der Waals surface area contributed by atoms with Gasteiger partial charge in [-0.1, -0.05) is 12.1 Å². The molecule has 32 heavy (non-hydrogen) atoms. The number of hydrogen-bond donors (Lipinski definition) is 2. The van der Waals surface area contributed by atoms with Crippen LogP contribution in [0.15, 0.2) is 60.9 Å². The van der Waals surface area contributed by atoms with Crippen LogP contribution in [0.1, 0.15) is 29.7 Å². The molecule has 6 heteroatoms. The van der Waals surface area contributed by atoms with E-state index < -0.39 is 0 Å². The molecule has 1 aliphatic rings. The van der Waals surface area contributed by atoms with Crippen molar-refractivity contribution in [3.63, 3.8) is 0 Å². The minimum absolute atomic E-state index is 0.606. The number of ether oxygens (including phenoxy) is 1. The van der Waals surface area contributed by atoms with Gasteiger partial charge in [-0.2, -0.15) is 0 Å². The number of aromatic nitrogens is 3. The summed E-state index contributed by atoms with van der Waals surface area (Å²) in [6.45, 7) is 6.18. The van der Waals surface area contributed by atoms with Gasteiger partial charge >= 0.3 is 0 Å². The Hall–Kier alpha value is -3.38. The van der Waals surface area contributed by atoms with Crippen molar-refractivity contribution in [2.75, 3.05) is 31.6 Å². The van der Waals surface area contributed by atoms with Gasteiger partial charge in [0.15, 0.2) is 0 Å². The second-order valence-electron chi connectivity index (χ2n) is 8.40. The normalized spacial score (nSPS) is 14.2. The van der Waals surface area contributed by atoms with E-state index in [1.165, 1.54) is 36.9 Å². The van der Waals surface area contributed by atoms with Gasteiger partial charge in [0, 0.05) is 41.9 Å². The molecule has 2 N–H and O–H groups in total. The fourth-order valence-corrected chi connectivity index (χ4v) is 4.26. The van der Waals surface area contributed by atoms with E-state index in [4.69, 9.17) is 9.72 Å². The molecule has 6 nitrogen and oxygen atoms in total. The van der Waals surface area contributed by atoms with Crippen LogP contribution in [0.2, 0.25) is 0 Å². The Kier molecular flexibility index (Phi) is 6.03. The van der Waals surface area contributed by atoms with Gasteiger partial charge in [0.05, 0.1) is 5.69 Å². The molecular formula is C26H29N5O. The number of anilines is 2. The quantitative estimate of drug-likeness (QED) is 0.411. The number of H-pyrrole nitrogens is 1. The summed E-state index contributed by atoms with van der Waals surface area (Å²) < 4.78 is 5.90. The fourth-order valence-electron chi connectivity index (χ4n) is 4.26. The molecule has 2 aromatic carbocycles. The molecule has 0 bridgehead atoms. The summed E-state index contributed by atoms with van der Waals surface area (Å²) in [6.07, 6.45) is 7.25. The molecule has 0 atom stereocenters. The van der Waals surface area contributed by atoms with Crippen molar-refractivity contribution in [2.45, 2.75) is 26.2 Å². The maximum atomic E-state index is 5.90. The summed E-state index contributed by atoms with van der Waals surface area (Å²) in [5.74, 6) is 1.49. The van der Waals surface area contributed by atoms with Gasteiger partial charge in [-0.3, -0.25) is 4.90 Å². The molecule has 5 rings (SSSR count). The highest BCUT2D eigenvalue weighted by atomic mass is 16.5. The molecule has 1 saturated heterocycles. The zero-order chi connectivity index (χ0) is 21.8. The lowest BCUT2D eigenvalue weighted by atomic mass is 10.0. The first kappa shape index (κ1) is 20.5. The molecule has 4 aromatic rings. The first-order valence-electron chi connectivity index (χ1n) is 11.3. The van der Waals surface area contributed by atoms with Crippen molar-refractivity contribution < 1.29 is 4.74 Å². The number of rotatable bonds is 8. The van der Waals surface area contributed by atoms with Crippen molar-refractivity contribution in [1.29, 1.82) is 0 Å². The van der Waals surface area contributed by atoms with E-state index in [9.17, 15) is 0 Å². The molecule has 0 radical (unpaired) electrons. The highest BCUT2D eigenvalue weighted by Crippen LogP contribution is 2.23. The van der Waals surface area contributed by atoms with Gasteiger partial charge < -0.3 is 15.0 Å². The van der Waals surface area contributed by atoms with E-state index in [0.29, 0.717) is 5.95 Å². The largest absolute Gasteiger partial charge is 0.492 e. The predicted molar refractivity (Wildman–Crippen MR) is 129 cm³/mol. The molecule has 0 aliphatic carbocycles. The molecular weight excluding hydrogens is 398 g/mol. The third-order valence-electron chi connectivity index (χ3n) is 6.11. The Labute approximate surface area is 188 Å². The lowest BCUT2D eigenvalue weighted by Crippen LogP contribution is -2.25. The van der Waals surface area contributed by atoms with Crippen LogP contribution in [0, 0.1) is 6.92 Å². The first-order chi connectivity index (χ1) is 15.7. The van der Waals surface area contributed by atoms with Crippen LogP contribution in [0.4, 0.5) is 11.6 Å². The third kappa shape index (κ3) is 4.75. The summed E-state index contributed by atoms with van der Waals surface area (Å²) in [4.78, 5) is 15.0. The maximum absolute atomic E-state index is 5.90. The topological polar surface area (TPSA) is 66.1 Å². The van der Waals surface area contributed by atoms with Crippen LogP contribution in [-0.2, 0) is 6.42 Å². The lowest BCUT2D eigenvalue weighted by Gasteiger charge is -2.15. The Bertz CT molecular complexity index is 1180. The number of fused-ring (bicyclic) bond motifs is 1. The molecule has 164 valence electrons. The van der Waals surface area contributed by atoms with Crippen molar-refractivity contribution in [1.82, 2.24) is 19.9 Å². The standard InChI is InChI=1S/C26H29N5O/c1-19-18-28-26(30-25(19)17-20-5-4-6-24-23(20)11-12-27-24)29-21-7-9-22(10-8-21)32-16-15-31-13-2-3-14-31/h4-12,18,27H,2-3,13-17H2,1H3,(H,28,29,30). The minimum Gasteiger partial charge on any atom is -0.492 e. The number of benzene rings is 2. The van der Waals surface area contributed by atoms with Crippen molar-refractivity contribution in [3.8, 4) is 5.75 Å². The van der Waals surface area contributed by atoms with Gasteiger partial charge in [0.25, 0.3) is 0 Å². The summed E-state index contributed by atoms with van der Waals surface area (Å²) in [5.41, 5.74) is 5.46. The number of nitrogens with one attached hydrogen (secondary N) is 2. The van der Waals surface area contributed by atoms with E-state index in [0.717, 1.165) is 47.8 Å². The lowest BCUT2D eigenvalue weighted by molar-refractivity contribution is 0.238. The number of aromatic amines is 1. The van der Waals surface area contributed by atoms with Crippen LogP contribution in [0.5, 0.6) is 5.75 Å². The minimum atomic E-state index is 0.606. The van der Waals surface area contributed by atoms with Crippen LogP contribution >= 0.6 is 0 Å². The van der Waals surface area contributed by atoms with Crippen molar-refractivity contribution in [3.05, 3.63) is 77.7 Å². The highest BCUT2D eigenvalue weighted by molar-refractivity contribution is 5.83. The van der Waals surface area contributed by atoms with Crippen molar-refractivity contribution in [2.24, 2.45) is 0 Å². The molecule has 0 unspecified atom stereocenters. The Morgan fingerprint density at radius 2 is 1.91 bits per heavy atom. The molecule has 0 amide bonds. The van der Waals surface area contributed by atoms with Crippen LogP contribution in [0.3, 0.4) is 0 Å². The van der Waals surface area contributed by atoms with E-state index in [2.05, 4.69) is 51.4 Å². The van der Waals surface area contributed by atoms with Crippen molar-refractivity contribution >= 4 is 22.5 Å². The second kappa shape index (κ2) is 9.40. The molecule has 0 spiro atoms. The number of likely N-dealkylation sites (tertiary alicyclic amines) is 1. The SMILES string of the molecule is Cc1cnc(Nc2ccc(OCCN3CCCC3)cc2)nc1Cc1cccc2[nH]ccc12. The summed E-state index contributed by atoms with van der Waals surface area (Å²) >= 11 is 0. The monoisotopic (exact) mass is 427 g/mol. The van der Waals surface area contributed by atoms with Crippen LogP contribution < -0.4 is 10.1 Å². The highest BCUT2D eigenvalue weighted by Gasteiger charge is 2.11. The molecule has 0 saturated carbocycles. The number of aryl methyl sites for hydroxylation is 1. The molecule has 1 fully saturated rings. The summed E-state index contributed by atoms with van der Waals surface area (Å²) in [5, 5.41) is 4.56. The maximum Gasteiger partial charge on any atom is 0.227 e.